The second kappa shape index (κ2) is 12.4. The second-order valence-corrected chi connectivity index (χ2v) is 8.06. The molecule has 0 saturated carbocycles. The number of carbonyl (C=O) groups excluding carboxylic acids is 2. The van der Waals surface area contributed by atoms with Gasteiger partial charge >= 0.3 is 0 Å². The summed E-state index contributed by atoms with van der Waals surface area (Å²) in [6.07, 6.45) is 5.47. The van der Waals surface area contributed by atoms with E-state index in [1.165, 1.54) is 0 Å². The molecule has 0 radical (unpaired) electrons. The fraction of sp³-hybridized carbons (Fsp3) is 0.583. The summed E-state index contributed by atoms with van der Waals surface area (Å²) in [5, 5.41) is 0. The maximum atomic E-state index is 12.6. The average molecular weight is 416 g/mol. The number of ether oxygens (including phenoxy) is 1. The highest BCUT2D eigenvalue weighted by Gasteiger charge is 2.23. The minimum Gasteiger partial charge on any atom is -0.496 e. The Bertz CT molecular complexity index is 709. The van der Waals surface area contributed by atoms with Crippen LogP contribution in [0.15, 0.2) is 30.3 Å². The molecule has 166 valence electrons. The highest BCUT2D eigenvalue weighted by atomic mass is 16.5. The highest BCUT2D eigenvalue weighted by Crippen LogP contribution is 2.18. The molecular weight excluding hydrogens is 378 g/mol. The van der Waals surface area contributed by atoms with Gasteiger partial charge in [-0.3, -0.25) is 14.5 Å². The SMILES string of the molecule is CCCC(=O)N(C/C=C/c1ccccc1OC)CCN1CCN(C(=O)C(C)C)CC1. The van der Waals surface area contributed by atoms with Gasteiger partial charge < -0.3 is 14.5 Å². The van der Waals surface area contributed by atoms with E-state index in [-0.39, 0.29) is 17.7 Å². The normalized spacial score (nSPS) is 15.0. The molecule has 1 fully saturated rings. The summed E-state index contributed by atoms with van der Waals surface area (Å²) in [7, 11) is 1.66. The number of para-hydroxylation sites is 1. The van der Waals surface area contributed by atoms with Gasteiger partial charge in [0.05, 0.1) is 7.11 Å². The number of carbonyl (C=O) groups is 2. The number of hydrogen-bond acceptors (Lipinski definition) is 4. The van der Waals surface area contributed by atoms with Crippen LogP contribution in [0.4, 0.5) is 0 Å². The first-order valence-electron chi connectivity index (χ1n) is 11.0. The first-order chi connectivity index (χ1) is 14.5. The first-order valence-corrected chi connectivity index (χ1v) is 11.0. The monoisotopic (exact) mass is 415 g/mol. The van der Waals surface area contributed by atoms with Gasteiger partial charge in [0.15, 0.2) is 0 Å². The zero-order valence-electron chi connectivity index (χ0n) is 19.0. The van der Waals surface area contributed by atoms with Crippen LogP contribution in [0.25, 0.3) is 6.08 Å². The molecule has 0 aliphatic carbocycles. The van der Waals surface area contributed by atoms with Crippen molar-refractivity contribution in [1.29, 1.82) is 0 Å². The van der Waals surface area contributed by atoms with Gasteiger partial charge in [0.2, 0.25) is 11.8 Å². The van der Waals surface area contributed by atoms with Crippen LogP contribution in [0.2, 0.25) is 0 Å². The van der Waals surface area contributed by atoms with E-state index in [9.17, 15) is 9.59 Å². The Balaban J connectivity index is 1.89. The summed E-state index contributed by atoms with van der Waals surface area (Å²) in [6.45, 7) is 11.3. The van der Waals surface area contributed by atoms with E-state index in [1.807, 2.05) is 67.0 Å². The molecule has 2 amide bonds. The van der Waals surface area contributed by atoms with Crippen molar-refractivity contribution in [1.82, 2.24) is 14.7 Å². The Morgan fingerprint density at radius 2 is 1.87 bits per heavy atom. The van der Waals surface area contributed by atoms with Gasteiger partial charge in [-0.2, -0.15) is 0 Å². The number of nitrogens with zero attached hydrogens (tertiary/aromatic N) is 3. The Morgan fingerprint density at radius 3 is 2.50 bits per heavy atom. The fourth-order valence-electron chi connectivity index (χ4n) is 3.62. The van der Waals surface area contributed by atoms with Crippen LogP contribution in [0.1, 0.15) is 39.2 Å². The summed E-state index contributed by atoms with van der Waals surface area (Å²) >= 11 is 0. The zero-order valence-corrected chi connectivity index (χ0v) is 19.0. The predicted octanol–water partition coefficient (Wildman–Crippen LogP) is 3.14. The van der Waals surface area contributed by atoms with E-state index in [4.69, 9.17) is 4.74 Å². The summed E-state index contributed by atoms with van der Waals surface area (Å²) in [4.78, 5) is 31.0. The molecule has 6 nitrogen and oxygen atoms in total. The Labute approximate surface area is 181 Å². The molecule has 1 aliphatic heterocycles. The minimum atomic E-state index is 0.0498. The number of rotatable bonds is 10. The Morgan fingerprint density at radius 1 is 1.17 bits per heavy atom. The van der Waals surface area contributed by atoms with Gasteiger partial charge in [-0.15, -0.1) is 0 Å². The van der Waals surface area contributed by atoms with Crippen LogP contribution in [0, 0.1) is 5.92 Å². The van der Waals surface area contributed by atoms with Crippen molar-refractivity contribution in [3.05, 3.63) is 35.9 Å². The van der Waals surface area contributed by atoms with Crippen LogP contribution in [-0.4, -0.2) is 79.4 Å². The minimum absolute atomic E-state index is 0.0498. The molecule has 0 bridgehead atoms. The molecule has 6 heteroatoms. The third-order valence-corrected chi connectivity index (χ3v) is 5.44. The quantitative estimate of drug-likeness (QED) is 0.589. The lowest BCUT2D eigenvalue weighted by molar-refractivity contribution is -0.136. The molecule has 0 N–H and O–H groups in total. The lowest BCUT2D eigenvalue weighted by Crippen LogP contribution is -2.51. The molecular formula is C24H37N3O3. The van der Waals surface area contributed by atoms with E-state index < -0.39 is 0 Å². The van der Waals surface area contributed by atoms with E-state index in [0.717, 1.165) is 50.5 Å². The van der Waals surface area contributed by atoms with Gasteiger partial charge in [-0.25, -0.2) is 0 Å². The lowest BCUT2D eigenvalue weighted by Gasteiger charge is -2.36. The van der Waals surface area contributed by atoms with Gasteiger partial charge in [0.1, 0.15) is 5.75 Å². The van der Waals surface area contributed by atoms with Crippen molar-refractivity contribution in [2.45, 2.75) is 33.6 Å². The zero-order chi connectivity index (χ0) is 21.9. The second-order valence-electron chi connectivity index (χ2n) is 8.06. The average Bonchev–Trinajstić information content (AvgIpc) is 2.76. The van der Waals surface area contributed by atoms with Gasteiger partial charge in [0, 0.05) is 63.7 Å². The molecule has 2 rings (SSSR count). The predicted molar refractivity (Wildman–Crippen MR) is 121 cm³/mol. The van der Waals surface area contributed by atoms with Crippen molar-refractivity contribution in [3.63, 3.8) is 0 Å². The van der Waals surface area contributed by atoms with E-state index >= 15 is 0 Å². The molecule has 30 heavy (non-hydrogen) atoms. The molecule has 0 aromatic heterocycles. The van der Waals surface area contributed by atoms with Crippen LogP contribution in [0.3, 0.4) is 0 Å². The molecule has 0 spiro atoms. The van der Waals surface area contributed by atoms with Crippen molar-refractivity contribution in [2.75, 3.05) is 52.9 Å². The number of benzene rings is 1. The maximum absolute atomic E-state index is 12.6. The van der Waals surface area contributed by atoms with Crippen molar-refractivity contribution >= 4 is 17.9 Å². The number of methoxy groups -OCH3 is 1. The Hall–Kier alpha value is -2.34. The third kappa shape index (κ3) is 7.17. The summed E-state index contributed by atoms with van der Waals surface area (Å²) in [5.74, 6) is 1.30. The molecule has 1 aromatic carbocycles. The largest absolute Gasteiger partial charge is 0.496 e. The molecule has 1 heterocycles. The molecule has 1 aliphatic rings. The molecule has 1 aromatic rings. The number of amides is 2. The first kappa shape index (κ1) is 23.9. The van der Waals surface area contributed by atoms with E-state index in [1.54, 1.807) is 7.11 Å². The molecule has 0 unspecified atom stereocenters. The van der Waals surface area contributed by atoms with E-state index in [0.29, 0.717) is 19.5 Å². The van der Waals surface area contributed by atoms with Crippen molar-refractivity contribution in [3.8, 4) is 5.75 Å². The number of hydrogen-bond donors (Lipinski definition) is 0. The highest BCUT2D eigenvalue weighted by molar-refractivity contribution is 5.78. The van der Waals surface area contributed by atoms with Gasteiger partial charge in [-0.05, 0) is 12.5 Å². The van der Waals surface area contributed by atoms with Gasteiger partial charge in [0.25, 0.3) is 0 Å². The number of piperazine rings is 1. The standard InChI is InChI=1S/C24H37N3O3/c1-5-9-23(28)26(13-8-11-21-10-6-7-12-22(21)30-4)17-14-25-15-18-27(19-16-25)24(29)20(2)3/h6-8,10-12,20H,5,9,13-19H2,1-4H3/b11-8+. The smallest absolute Gasteiger partial charge is 0.225 e. The van der Waals surface area contributed by atoms with Crippen molar-refractivity contribution in [2.24, 2.45) is 5.92 Å². The lowest BCUT2D eigenvalue weighted by atomic mass is 10.1. The van der Waals surface area contributed by atoms with Crippen LogP contribution in [-0.2, 0) is 9.59 Å². The summed E-state index contributed by atoms with van der Waals surface area (Å²) in [6, 6.07) is 7.86. The van der Waals surface area contributed by atoms with Gasteiger partial charge in [-0.1, -0.05) is 51.1 Å². The van der Waals surface area contributed by atoms with Crippen LogP contribution in [0.5, 0.6) is 5.75 Å². The molecule has 1 saturated heterocycles. The van der Waals surface area contributed by atoms with Crippen LogP contribution < -0.4 is 4.74 Å². The maximum Gasteiger partial charge on any atom is 0.225 e. The fourth-order valence-corrected chi connectivity index (χ4v) is 3.62. The topological polar surface area (TPSA) is 53.1 Å². The van der Waals surface area contributed by atoms with Crippen LogP contribution >= 0.6 is 0 Å². The Kier molecular flexibility index (Phi) is 9.87. The summed E-state index contributed by atoms with van der Waals surface area (Å²) in [5.41, 5.74) is 1.01. The van der Waals surface area contributed by atoms with E-state index in [2.05, 4.69) is 4.90 Å². The summed E-state index contributed by atoms with van der Waals surface area (Å²) < 4.78 is 5.39. The molecule has 0 atom stereocenters. The third-order valence-electron chi connectivity index (χ3n) is 5.44. The van der Waals surface area contributed by atoms with Crippen molar-refractivity contribution < 1.29 is 14.3 Å².